The summed E-state index contributed by atoms with van der Waals surface area (Å²) in [5.41, 5.74) is 1.40. The first-order valence-corrected chi connectivity index (χ1v) is 5.26. The van der Waals surface area contributed by atoms with Crippen LogP contribution in [0.5, 0.6) is 5.75 Å². The van der Waals surface area contributed by atoms with E-state index in [0.29, 0.717) is 0 Å². The molecule has 0 saturated carbocycles. The van der Waals surface area contributed by atoms with E-state index in [2.05, 4.69) is 32.9 Å². The molecule has 0 N–H and O–H groups in total. The molecule has 0 spiro atoms. The fourth-order valence-electron chi connectivity index (χ4n) is 1.37. The average molecular weight is 192 g/mol. The van der Waals surface area contributed by atoms with Crippen molar-refractivity contribution in [1.29, 1.82) is 0 Å². The number of hydrogen-bond donors (Lipinski definition) is 0. The second-order valence-corrected chi connectivity index (χ2v) is 4.27. The molecule has 0 saturated heterocycles. The Morgan fingerprint density at radius 3 is 2.07 bits per heavy atom. The zero-order valence-corrected chi connectivity index (χ0v) is 9.58. The number of rotatable bonds is 4. The van der Waals surface area contributed by atoms with E-state index in [1.165, 1.54) is 5.56 Å². The van der Waals surface area contributed by atoms with Gasteiger partial charge in [0, 0.05) is 0 Å². The van der Waals surface area contributed by atoms with Crippen molar-refractivity contribution in [3.8, 4) is 5.75 Å². The van der Waals surface area contributed by atoms with Crippen molar-refractivity contribution in [2.45, 2.75) is 27.2 Å². The van der Waals surface area contributed by atoms with Gasteiger partial charge in [-0.3, -0.25) is 0 Å². The quantitative estimate of drug-likeness (QED) is 0.709. The van der Waals surface area contributed by atoms with Crippen LogP contribution in [-0.2, 0) is 6.42 Å². The Kier molecular flexibility index (Phi) is 3.99. The molecule has 1 rings (SSSR count). The number of benzene rings is 1. The van der Waals surface area contributed by atoms with Crippen LogP contribution in [0.25, 0.3) is 0 Å². The monoisotopic (exact) mass is 192 g/mol. The Balaban J connectivity index is 2.59. The minimum absolute atomic E-state index is 0.739. The van der Waals surface area contributed by atoms with Gasteiger partial charge >= 0.3 is 0 Å². The lowest BCUT2D eigenvalue weighted by molar-refractivity contribution is 0.410. The van der Waals surface area contributed by atoms with Crippen molar-refractivity contribution in [1.82, 2.24) is 0 Å². The Morgan fingerprint density at radius 1 is 1.07 bits per heavy atom. The minimum Gasteiger partial charge on any atom is -0.497 e. The Bertz CT molecular complexity index is 261. The first-order valence-electron chi connectivity index (χ1n) is 5.26. The third kappa shape index (κ3) is 3.06. The second kappa shape index (κ2) is 5.04. The maximum atomic E-state index is 5.12. The average Bonchev–Trinajstić information content (AvgIpc) is 2.19. The number of methoxy groups -OCH3 is 1. The van der Waals surface area contributed by atoms with E-state index in [1.54, 1.807) is 7.11 Å². The Morgan fingerprint density at radius 2 is 1.64 bits per heavy atom. The van der Waals surface area contributed by atoms with Gasteiger partial charge in [-0.2, -0.15) is 0 Å². The fraction of sp³-hybridized carbons (Fsp3) is 0.538. The van der Waals surface area contributed by atoms with Gasteiger partial charge in [-0.25, -0.2) is 0 Å². The van der Waals surface area contributed by atoms with Crippen molar-refractivity contribution in [2.75, 3.05) is 7.11 Å². The largest absolute Gasteiger partial charge is 0.497 e. The van der Waals surface area contributed by atoms with Gasteiger partial charge in [0.15, 0.2) is 0 Å². The highest BCUT2D eigenvalue weighted by molar-refractivity contribution is 5.27. The summed E-state index contributed by atoms with van der Waals surface area (Å²) >= 11 is 0. The molecule has 0 bridgehead atoms. The predicted molar refractivity (Wildman–Crippen MR) is 60.7 cm³/mol. The molecule has 0 aliphatic carbocycles. The summed E-state index contributed by atoms with van der Waals surface area (Å²) in [4.78, 5) is 0. The van der Waals surface area contributed by atoms with E-state index in [4.69, 9.17) is 4.74 Å². The third-order valence-corrected chi connectivity index (χ3v) is 2.85. The Labute approximate surface area is 87.1 Å². The van der Waals surface area contributed by atoms with Crippen LogP contribution in [0.2, 0.25) is 0 Å². The van der Waals surface area contributed by atoms with Gasteiger partial charge in [0.2, 0.25) is 0 Å². The number of hydrogen-bond acceptors (Lipinski definition) is 1. The van der Waals surface area contributed by atoms with Gasteiger partial charge in [-0.15, -0.1) is 0 Å². The highest BCUT2D eigenvalue weighted by atomic mass is 16.5. The van der Waals surface area contributed by atoms with Crippen LogP contribution < -0.4 is 4.74 Å². The van der Waals surface area contributed by atoms with Gasteiger partial charge < -0.3 is 4.74 Å². The van der Waals surface area contributed by atoms with Gasteiger partial charge in [-0.05, 0) is 36.0 Å². The van der Waals surface area contributed by atoms with Crippen molar-refractivity contribution >= 4 is 0 Å². The SMILES string of the molecule is COc1ccc(C[C@@H](C)C(C)C)cc1. The first-order chi connectivity index (χ1) is 6.63. The lowest BCUT2D eigenvalue weighted by Crippen LogP contribution is -2.07. The van der Waals surface area contributed by atoms with Crippen LogP contribution in [0, 0.1) is 11.8 Å². The maximum Gasteiger partial charge on any atom is 0.118 e. The highest BCUT2D eigenvalue weighted by Gasteiger charge is 2.07. The second-order valence-electron chi connectivity index (χ2n) is 4.27. The van der Waals surface area contributed by atoms with Crippen LogP contribution in [0.4, 0.5) is 0 Å². The zero-order valence-electron chi connectivity index (χ0n) is 9.58. The predicted octanol–water partition coefficient (Wildman–Crippen LogP) is 3.53. The Hall–Kier alpha value is -0.980. The summed E-state index contributed by atoms with van der Waals surface area (Å²) in [6.07, 6.45) is 1.15. The normalized spacial score (nSPS) is 12.9. The van der Waals surface area contributed by atoms with Gasteiger partial charge in [-0.1, -0.05) is 32.9 Å². The van der Waals surface area contributed by atoms with Crippen molar-refractivity contribution in [2.24, 2.45) is 11.8 Å². The first kappa shape index (κ1) is 11.1. The lowest BCUT2D eigenvalue weighted by Gasteiger charge is -2.15. The van der Waals surface area contributed by atoms with Crippen LogP contribution >= 0.6 is 0 Å². The molecule has 0 aliphatic heterocycles. The van der Waals surface area contributed by atoms with Crippen LogP contribution in [0.1, 0.15) is 26.3 Å². The van der Waals surface area contributed by atoms with Crippen LogP contribution in [0.15, 0.2) is 24.3 Å². The molecule has 78 valence electrons. The topological polar surface area (TPSA) is 9.23 Å². The molecule has 0 amide bonds. The summed E-state index contributed by atoms with van der Waals surface area (Å²) in [6, 6.07) is 8.36. The van der Waals surface area contributed by atoms with Crippen LogP contribution in [0.3, 0.4) is 0 Å². The number of ether oxygens (including phenoxy) is 1. The van der Waals surface area contributed by atoms with E-state index in [9.17, 15) is 0 Å². The van der Waals surface area contributed by atoms with Crippen LogP contribution in [-0.4, -0.2) is 7.11 Å². The molecular formula is C13H20O. The van der Waals surface area contributed by atoms with Crippen molar-refractivity contribution in [3.63, 3.8) is 0 Å². The van der Waals surface area contributed by atoms with Crippen molar-refractivity contribution < 1.29 is 4.74 Å². The zero-order chi connectivity index (χ0) is 10.6. The summed E-state index contributed by atoms with van der Waals surface area (Å²) in [5, 5.41) is 0. The lowest BCUT2D eigenvalue weighted by atomic mass is 9.91. The highest BCUT2D eigenvalue weighted by Crippen LogP contribution is 2.18. The molecule has 0 unspecified atom stereocenters. The third-order valence-electron chi connectivity index (χ3n) is 2.85. The molecule has 14 heavy (non-hydrogen) atoms. The fourth-order valence-corrected chi connectivity index (χ4v) is 1.37. The summed E-state index contributed by atoms with van der Waals surface area (Å²) in [7, 11) is 1.70. The molecular weight excluding hydrogens is 172 g/mol. The molecule has 0 fully saturated rings. The molecule has 0 radical (unpaired) electrons. The molecule has 1 aromatic carbocycles. The van der Waals surface area contributed by atoms with E-state index in [0.717, 1.165) is 24.0 Å². The van der Waals surface area contributed by atoms with E-state index < -0.39 is 0 Å². The summed E-state index contributed by atoms with van der Waals surface area (Å²) in [5.74, 6) is 2.42. The summed E-state index contributed by atoms with van der Waals surface area (Å²) in [6.45, 7) is 6.84. The molecule has 0 aromatic heterocycles. The van der Waals surface area contributed by atoms with Crippen molar-refractivity contribution in [3.05, 3.63) is 29.8 Å². The van der Waals surface area contributed by atoms with Gasteiger partial charge in [0.1, 0.15) is 5.75 Å². The summed E-state index contributed by atoms with van der Waals surface area (Å²) < 4.78 is 5.12. The smallest absolute Gasteiger partial charge is 0.118 e. The molecule has 1 aromatic rings. The minimum atomic E-state index is 0.739. The molecule has 1 heteroatoms. The van der Waals surface area contributed by atoms with E-state index >= 15 is 0 Å². The van der Waals surface area contributed by atoms with Gasteiger partial charge in [0.05, 0.1) is 7.11 Å². The van der Waals surface area contributed by atoms with E-state index in [1.807, 2.05) is 12.1 Å². The maximum absolute atomic E-state index is 5.12. The van der Waals surface area contributed by atoms with E-state index in [-0.39, 0.29) is 0 Å². The standard InChI is InChI=1S/C13H20O/c1-10(2)11(3)9-12-5-7-13(14-4)8-6-12/h5-8,10-11H,9H2,1-4H3/t11-/m1/s1. The molecule has 0 heterocycles. The molecule has 1 nitrogen and oxygen atoms in total. The van der Waals surface area contributed by atoms with Gasteiger partial charge in [0.25, 0.3) is 0 Å². The molecule has 1 atom stereocenters. The molecule has 0 aliphatic rings.